The van der Waals surface area contributed by atoms with Gasteiger partial charge in [-0.25, -0.2) is 4.79 Å². The highest BCUT2D eigenvalue weighted by Gasteiger charge is 2.39. The molecule has 2 aromatic rings. The summed E-state index contributed by atoms with van der Waals surface area (Å²) in [5.74, 6) is 0. The number of nitrogens with zero attached hydrogens (tertiary/aromatic N) is 3. The second kappa shape index (κ2) is 4.96. The molecule has 0 radical (unpaired) electrons. The summed E-state index contributed by atoms with van der Waals surface area (Å²) in [5.41, 5.74) is 1.66. The Morgan fingerprint density at radius 3 is 3.05 bits per heavy atom. The second-order valence-corrected chi connectivity index (χ2v) is 5.73. The highest BCUT2D eigenvalue weighted by molar-refractivity contribution is 5.77. The molecule has 2 bridgehead atoms. The molecule has 3 atom stereocenters. The summed E-state index contributed by atoms with van der Waals surface area (Å²) in [5, 5.41) is 10.7. The summed E-state index contributed by atoms with van der Waals surface area (Å²) in [6.45, 7) is 0. The van der Waals surface area contributed by atoms with Gasteiger partial charge in [0.15, 0.2) is 0 Å². The van der Waals surface area contributed by atoms with Crippen LogP contribution in [0.4, 0.5) is 4.79 Å². The average Bonchev–Trinajstić information content (AvgIpc) is 3.24. The van der Waals surface area contributed by atoms with Crippen LogP contribution >= 0.6 is 0 Å². The van der Waals surface area contributed by atoms with Gasteiger partial charge in [-0.05, 0) is 31.4 Å². The standard InChI is InChI=1S/C15H17N5O/c21-15(19-14-7-11-4-5-13(14)18-11)20-9-10(8-17-20)12-3-1-2-6-16-12/h1-3,6,8-9,11,13-14,18H,4-5,7H2,(H,19,21). The maximum atomic E-state index is 12.3. The molecule has 6 nitrogen and oxygen atoms in total. The first-order chi connectivity index (χ1) is 10.3. The fraction of sp³-hybridized carbons (Fsp3) is 0.400. The zero-order valence-corrected chi connectivity index (χ0v) is 11.6. The fourth-order valence-corrected chi connectivity index (χ4v) is 3.31. The first-order valence-corrected chi connectivity index (χ1v) is 7.32. The topological polar surface area (TPSA) is 71.8 Å². The SMILES string of the molecule is O=C(NC1CC2CCC1N2)n1cc(-c2ccccn2)cn1. The lowest BCUT2D eigenvalue weighted by molar-refractivity contribution is 0.233. The van der Waals surface area contributed by atoms with E-state index in [4.69, 9.17) is 0 Å². The summed E-state index contributed by atoms with van der Waals surface area (Å²) in [4.78, 5) is 16.5. The molecule has 21 heavy (non-hydrogen) atoms. The molecular formula is C15H17N5O. The van der Waals surface area contributed by atoms with Gasteiger partial charge in [-0.2, -0.15) is 9.78 Å². The van der Waals surface area contributed by atoms with E-state index in [0.29, 0.717) is 12.1 Å². The third-order valence-corrected chi connectivity index (χ3v) is 4.36. The minimum absolute atomic E-state index is 0.170. The van der Waals surface area contributed by atoms with Gasteiger partial charge in [-0.15, -0.1) is 0 Å². The highest BCUT2D eigenvalue weighted by Crippen LogP contribution is 2.28. The number of hydrogen-bond donors (Lipinski definition) is 2. The Hall–Kier alpha value is -2.21. The smallest absolute Gasteiger partial charge is 0.332 e. The third-order valence-electron chi connectivity index (χ3n) is 4.36. The van der Waals surface area contributed by atoms with E-state index in [-0.39, 0.29) is 12.1 Å². The molecular weight excluding hydrogens is 266 g/mol. The van der Waals surface area contributed by atoms with Crippen molar-refractivity contribution in [1.29, 1.82) is 0 Å². The molecule has 2 N–H and O–H groups in total. The van der Waals surface area contributed by atoms with Crippen molar-refractivity contribution in [2.45, 2.75) is 37.4 Å². The van der Waals surface area contributed by atoms with Gasteiger partial charge >= 0.3 is 6.03 Å². The number of carbonyl (C=O) groups is 1. The number of carbonyl (C=O) groups excluding carboxylic acids is 1. The van der Waals surface area contributed by atoms with Crippen LogP contribution in [-0.4, -0.2) is 38.9 Å². The van der Waals surface area contributed by atoms with E-state index in [1.807, 2.05) is 18.2 Å². The first-order valence-electron chi connectivity index (χ1n) is 7.32. The van der Waals surface area contributed by atoms with E-state index >= 15 is 0 Å². The van der Waals surface area contributed by atoms with E-state index in [2.05, 4.69) is 20.7 Å². The Labute approximate surface area is 122 Å². The van der Waals surface area contributed by atoms with Crippen molar-refractivity contribution in [3.05, 3.63) is 36.8 Å². The molecule has 0 aliphatic carbocycles. The summed E-state index contributed by atoms with van der Waals surface area (Å²) in [7, 11) is 0. The summed E-state index contributed by atoms with van der Waals surface area (Å²) in [6, 6.07) is 6.73. The average molecular weight is 283 g/mol. The van der Waals surface area contributed by atoms with Crippen LogP contribution in [0.3, 0.4) is 0 Å². The predicted molar refractivity (Wildman–Crippen MR) is 77.7 cm³/mol. The molecule has 6 heteroatoms. The molecule has 2 aliphatic rings. The van der Waals surface area contributed by atoms with Crippen molar-refractivity contribution in [3.63, 3.8) is 0 Å². The minimum atomic E-state index is -0.170. The van der Waals surface area contributed by atoms with E-state index in [9.17, 15) is 4.79 Å². The van der Waals surface area contributed by atoms with Crippen LogP contribution in [0.1, 0.15) is 19.3 Å². The molecule has 108 valence electrons. The van der Waals surface area contributed by atoms with Crippen LogP contribution in [0, 0.1) is 0 Å². The lowest BCUT2D eigenvalue weighted by atomic mass is 9.96. The summed E-state index contributed by atoms with van der Waals surface area (Å²) in [6.07, 6.45) is 8.51. The van der Waals surface area contributed by atoms with Crippen molar-refractivity contribution in [3.8, 4) is 11.3 Å². The maximum Gasteiger partial charge on any atom is 0.342 e. The lowest BCUT2D eigenvalue weighted by Crippen LogP contribution is -2.44. The molecule has 0 spiro atoms. The van der Waals surface area contributed by atoms with Gasteiger partial charge in [-0.3, -0.25) is 4.98 Å². The van der Waals surface area contributed by atoms with E-state index in [0.717, 1.165) is 24.1 Å². The van der Waals surface area contributed by atoms with Crippen molar-refractivity contribution in [1.82, 2.24) is 25.4 Å². The van der Waals surface area contributed by atoms with Crippen LogP contribution in [0.25, 0.3) is 11.3 Å². The molecule has 2 fully saturated rings. The zero-order valence-electron chi connectivity index (χ0n) is 11.6. The van der Waals surface area contributed by atoms with Gasteiger partial charge in [0.05, 0.1) is 11.9 Å². The highest BCUT2D eigenvalue weighted by atomic mass is 16.2. The Morgan fingerprint density at radius 2 is 2.33 bits per heavy atom. The Balaban J connectivity index is 1.47. The molecule has 2 aliphatic heterocycles. The van der Waals surface area contributed by atoms with Gasteiger partial charge in [-0.1, -0.05) is 6.07 Å². The molecule has 3 unspecified atom stereocenters. The largest absolute Gasteiger partial charge is 0.342 e. The second-order valence-electron chi connectivity index (χ2n) is 5.73. The molecule has 4 rings (SSSR count). The van der Waals surface area contributed by atoms with Crippen LogP contribution < -0.4 is 10.6 Å². The first kappa shape index (κ1) is 12.5. The quantitative estimate of drug-likeness (QED) is 0.874. The molecule has 2 saturated heterocycles. The van der Waals surface area contributed by atoms with Crippen molar-refractivity contribution in [2.24, 2.45) is 0 Å². The monoisotopic (exact) mass is 283 g/mol. The van der Waals surface area contributed by atoms with Gasteiger partial charge in [0.2, 0.25) is 0 Å². The van der Waals surface area contributed by atoms with Crippen LogP contribution in [0.2, 0.25) is 0 Å². The number of nitrogens with one attached hydrogen (secondary N) is 2. The van der Waals surface area contributed by atoms with Crippen LogP contribution in [0.15, 0.2) is 36.8 Å². The number of fused-ring (bicyclic) bond motifs is 2. The number of aromatic nitrogens is 3. The number of hydrogen-bond acceptors (Lipinski definition) is 4. The lowest BCUT2D eigenvalue weighted by Gasteiger charge is -2.21. The third kappa shape index (κ3) is 2.31. The van der Waals surface area contributed by atoms with Crippen molar-refractivity contribution < 1.29 is 4.79 Å². The van der Waals surface area contributed by atoms with E-state index in [1.54, 1.807) is 18.6 Å². The molecule has 1 amide bonds. The van der Waals surface area contributed by atoms with E-state index < -0.39 is 0 Å². The molecule has 2 aromatic heterocycles. The van der Waals surface area contributed by atoms with Crippen LogP contribution in [0.5, 0.6) is 0 Å². The predicted octanol–water partition coefficient (Wildman–Crippen LogP) is 1.40. The van der Waals surface area contributed by atoms with Gasteiger partial charge in [0.1, 0.15) is 0 Å². The van der Waals surface area contributed by atoms with Crippen LogP contribution in [-0.2, 0) is 0 Å². The fourth-order valence-electron chi connectivity index (χ4n) is 3.31. The maximum absolute atomic E-state index is 12.3. The Bertz CT molecular complexity index is 653. The van der Waals surface area contributed by atoms with Gasteiger partial charge in [0, 0.05) is 36.1 Å². The molecule has 0 saturated carbocycles. The van der Waals surface area contributed by atoms with Crippen molar-refractivity contribution >= 4 is 6.03 Å². The Morgan fingerprint density at radius 1 is 1.38 bits per heavy atom. The number of pyridine rings is 1. The molecule has 4 heterocycles. The summed E-state index contributed by atoms with van der Waals surface area (Å²) >= 11 is 0. The zero-order chi connectivity index (χ0) is 14.2. The minimum Gasteiger partial charge on any atom is -0.332 e. The molecule has 0 aromatic carbocycles. The number of rotatable bonds is 2. The Kier molecular flexibility index (Phi) is 2.96. The van der Waals surface area contributed by atoms with Gasteiger partial charge in [0.25, 0.3) is 0 Å². The van der Waals surface area contributed by atoms with E-state index in [1.165, 1.54) is 11.1 Å². The number of amides is 1. The van der Waals surface area contributed by atoms with Gasteiger partial charge < -0.3 is 10.6 Å². The summed E-state index contributed by atoms with van der Waals surface area (Å²) < 4.78 is 1.36. The van der Waals surface area contributed by atoms with Crippen molar-refractivity contribution in [2.75, 3.05) is 0 Å². The normalized spacial score (nSPS) is 27.0.